The van der Waals surface area contributed by atoms with Crippen LogP contribution in [0.2, 0.25) is 0 Å². The maximum Gasteiger partial charge on any atom is 0.0223 e. The van der Waals surface area contributed by atoms with Crippen molar-refractivity contribution in [1.29, 1.82) is 0 Å². The molecule has 0 saturated carbocycles. The number of nitrogens with two attached hydrogens (primary N) is 1. The van der Waals surface area contributed by atoms with Gasteiger partial charge in [-0.3, -0.25) is 0 Å². The molecule has 1 atom stereocenters. The summed E-state index contributed by atoms with van der Waals surface area (Å²) in [6, 6.07) is 0. The summed E-state index contributed by atoms with van der Waals surface area (Å²) < 4.78 is 0. The lowest BCUT2D eigenvalue weighted by molar-refractivity contribution is 0.273. The van der Waals surface area contributed by atoms with Gasteiger partial charge in [0.15, 0.2) is 0 Å². The first-order valence-corrected chi connectivity index (χ1v) is 6.90. The highest BCUT2D eigenvalue weighted by Gasteiger charge is 2.23. The molecule has 0 aliphatic carbocycles. The van der Waals surface area contributed by atoms with E-state index in [1.807, 2.05) is 0 Å². The Morgan fingerprint density at radius 1 is 1.07 bits per heavy atom. The third-order valence-electron chi connectivity index (χ3n) is 3.14. The second-order valence-electron chi connectivity index (χ2n) is 5.20. The first kappa shape index (κ1) is 15.2. The molecule has 2 heteroatoms. The SMILES string of the molecule is CCCCCCC(CCCCl)C(C)(C)N. The maximum atomic E-state index is 6.19. The third kappa shape index (κ3) is 8.10. The van der Waals surface area contributed by atoms with Crippen molar-refractivity contribution in [2.75, 3.05) is 5.88 Å². The minimum atomic E-state index is -0.0434. The first-order valence-electron chi connectivity index (χ1n) is 6.37. The van der Waals surface area contributed by atoms with E-state index in [1.165, 1.54) is 38.5 Å². The Balaban J connectivity index is 3.81. The molecule has 0 bridgehead atoms. The van der Waals surface area contributed by atoms with E-state index in [0.29, 0.717) is 5.92 Å². The zero-order chi connectivity index (χ0) is 11.7. The van der Waals surface area contributed by atoms with Crippen molar-refractivity contribution in [3.05, 3.63) is 0 Å². The van der Waals surface area contributed by atoms with Gasteiger partial charge in [0.25, 0.3) is 0 Å². The molecule has 0 aliphatic rings. The Morgan fingerprint density at radius 3 is 2.13 bits per heavy atom. The molecule has 1 nitrogen and oxygen atoms in total. The molecular weight excluding hydrogens is 206 g/mol. The van der Waals surface area contributed by atoms with Crippen molar-refractivity contribution in [2.45, 2.75) is 71.3 Å². The molecule has 0 spiro atoms. The Morgan fingerprint density at radius 2 is 1.67 bits per heavy atom. The zero-order valence-corrected chi connectivity index (χ0v) is 11.4. The first-order chi connectivity index (χ1) is 7.02. The van der Waals surface area contributed by atoms with Crippen LogP contribution in [0.25, 0.3) is 0 Å². The Labute approximate surface area is 101 Å². The van der Waals surface area contributed by atoms with Crippen LogP contribution < -0.4 is 5.73 Å². The van der Waals surface area contributed by atoms with Crippen molar-refractivity contribution in [3.8, 4) is 0 Å². The summed E-state index contributed by atoms with van der Waals surface area (Å²) in [4.78, 5) is 0. The van der Waals surface area contributed by atoms with Crippen LogP contribution in [0, 0.1) is 5.92 Å². The van der Waals surface area contributed by atoms with Crippen molar-refractivity contribution in [2.24, 2.45) is 11.7 Å². The molecule has 0 aromatic rings. The van der Waals surface area contributed by atoms with Gasteiger partial charge in [-0.15, -0.1) is 11.6 Å². The molecular formula is C13H28ClN. The van der Waals surface area contributed by atoms with Crippen molar-refractivity contribution in [3.63, 3.8) is 0 Å². The summed E-state index contributed by atoms with van der Waals surface area (Å²) in [7, 11) is 0. The normalized spacial score (nSPS) is 14.2. The molecule has 0 fully saturated rings. The molecule has 0 aliphatic heterocycles. The lowest BCUT2D eigenvalue weighted by Crippen LogP contribution is -2.41. The standard InChI is InChI=1S/C13H28ClN/c1-4-5-6-7-9-12(10-8-11-14)13(2,3)15/h12H,4-11,15H2,1-3H3. The topological polar surface area (TPSA) is 26.0 Å². The lowest BCUT2D eigenvalue weighted by Gasteiger charge is -2.30. The molecule has 1 unspecified atom stereocenters. The van der Waals surface area contributed by atoms with Crippen LogP contribution in [0.3, 0.4) is 0 Å². The Hall–Kier alpha value is 0.250. The van der Waals surface area contributed by atoms with Gasteiger partial charge in [-0.25, -0.2) is 0 Å². The van der Waals surface area contributed by atoms with Crippen LogP contribution in [0.4, 0.5) is 0 Å². The van der Waals surface area contributed by atoms with Crippen molar-refractivity contribution in [1.82, 2.24) is 0 Å². The monoisotopic (exact) mass is 233 g/mol. The highest BCUT2D eigenvalue weighted by atomic mass is 35.5. The van der Waals surface area contributed by atoms with Gasteiger partial charge < -0.3 is 5.73 Å². The number of alkyl halides is 1. The fourth-order valence-corrected chi connectivity index (χ4v) is 2.18. The van der Waals surface area contributed by atoms with Gasteiger partial charge in [-0.2, -0.15) is 0 Å². The van der Waals surface area contributed by atoms with Crippen LogP contribution in [0.1, 0.15) is 65.7 Å². The van der Waals surface area contributed by atoms with Gasteiger partial charge in [0.2, 0.25) is 0 Å². The molecule has 0 rings (SSSR count). The van der Waals surface area contributed by atoms with Crippen molar-refractivity contribution >= 4 is 11.6 Å². The number of halogens is 1. The number of hydrogen-bond acceptors (Lipinski definition) is 1. The van der Waals surface area contributed by atoms with E-state index in [1.54, 1.807) is 0 Å². The van der Waals surface area contributed by atoms with Crippen LogP contribution in [0.5, 0.6) is 0 Å². The molecule has 0 saturated heterocycles. The quantitative estimate of drug-likeness (QED) is 0.466. The van der Waals surface area contributed by atoms with Gasteiger partial charge in [-0.1, -0.05) is 32.6 Å². The molecule has 0 aromatic heterocycles. The summed E-state index contributed by atoms with van der Waals surface area (Å²) in [5, 5.41) is 0. The van der Waals surface area contributed by atoms with Gasteiger partial charge in [0, 0.05) is 11.4 Å². The predicted octanol–water partition coefficient (Wildman–Crippen LogP) is 4.33. The van der Waals surface area contributed by atoms with Crippen LogP contribution in [-0.2, 0) is 0 Å². The molecule has 92 valence electrons. The molecule has 0 heterocycles. The highest BCUT2D eigenvalue weighted by molar-refractivity contribution is 6.17. The lowest BCUT2D eigenvalue weighted by atomic mass is 9.81. The smallest absolute Gasteiger partial charge is 0.0223 e. The minimum absolute atomic E-state index is 0.0434. The molecule has 0 amide bonds. The van der Waals surface area contributed by atoms with Crippen molar-refractivity contribution < 1.29 is 0 Å². The number of unbranched alkanes of at least 4 members (excludes halogenated alkanes) is 3. The molecule has 2 N–H and O–H groups in total. The summed E-state index contributed by atoms with van der Waals surface area (Å²) in [6.07, 6.45) is 8.87. The summed E-state index contributed by atoms with van der Waals surface area (Å²) in [5.41, 5.74) is 6.15. The van der Waals surface area contributed by atoms with E-state index in [-0.39, 0.29) is 5.54 Å². The fourth-order valence-electron chi connectivity index (χ4n) is 2.03. The predicted molar refractivity (Wildman–Crippen MR) is 70.5 cm³/mol. The van der Waals surface area contributed by atoms with E-state index < -0.39 is 0 Å². The fraction of sp³-hybridized carbons (Fsp3) is 1.00. The Kier molecular flexibility index (Phi) is 8.55. The van der Waals surface area contributed by atoms with E-state index in [0.717, 1.165) is 12.3 Å². The van der Waals surface area contributed by atoms with Gasteiger partial charge >= 0.3 is 0 Å². The summed E-state index contributed by atoms with van der Waals surface area (Å²) >= 11 is 5.74. The van der Waals surface area contributed by atoms with Gasteiger partial charge in [-0.05, 0) is 39.0 Å². The van der Waals surface area contributed by atoms with Gasteiger partial charge in [0.05, 0.1) is 0 Å². The zero-order valence-electron chi connectivity index (χ0n) is 10.7. The largest absolute Gasteiger partial charge is 0.325 e. The third-order valence-corrected chi connectivity index (χ3v) is 3.41. The number of rotatable bonds is 9. The van der Waals surface area contributed by atoms with E-state index in [4.69, 9.17) is 17.3 Å². The maximum absolute atomic E-state index is 6.19. The van der Waals surface area contributed by atoms with Crippen LogP contribution in [0.15, 0.2) is 0 Å². The molecule has 15 heavy (non-hydrogen) atoms. The van der Waals surface area contributed by atoms with Gasteiger partial charge in [0.1, 0.15) is 0 Å². The van der Waals surface area contributed by atoms with Crippen LogP contribution in [-0.4, -0.2) is 11.4 Å². The highest BCUT2D eigenvalue weighted by Crippen LogP contribution is 2.25. The summed E-state index contributed by atoms with van der Waals surface area (Å²) in [6.45, 7) is 6.54. The van der Waals surface area contributed by atoms with Crippen LogP contribution >= 0.6 is 11.6 Å². The summed E-state index contributed by atoms with van der Waals surface area (Å²) in [5.74, 6) is 1.40. The average Bonchev–Trinajstić information content (AvgIpc) is 2.15. The van der Waals surface area contributed by atoms with E-state index >= 15 is 0 Å². The Bertz CT molecular complexity index is 140. The number of hydrogen-bond donors (Lipinski definition) is 1. The van der Waals surface area contributed by atoms with E-state index in [2.05, 4.69) is 20.8 Å². The average molecular weight is 234 g/mol. The second-order valence-corrected chi connectivity index (χ2v) is 5.58. The molecule has 0 radical (unpaired) electrons. The second kappa shape index (κ2) is 8.41. The molecule has 0 aromatic carbocycles. The van der Waals surface area contributed by atoms with E-state index in [9.17, 15) is 0 Å². The minimum Gasteiger partial charge on any atom is -0.325 e.